The molecule has 11 atom stereocenters. The van der Waals surface area contributed by atoms with Crippen LogP contribution in [-0.4, -0.2) is 51.6 Å². The summed E-state index contributed by atoms with van der Waals surface area (Å²) in [6, 6.07) is 7.02. The fraction of sp³-hybridized carbons (Fsp3) is 0.786. The zero-order valence-electron chi connectivity index (χ0n) is 20.3. The van der Waals surface area contributed by atoms with Crippen LogP contribution in [0.25, 0.3) is 0 Å². The Bertz CT molecular complexity index is 1010. The highest BCUT2D eigenvalue weighted by Gasteiger charge is 2.76. The second kappa shape index (κ2) is 6.41. The van der Waals surface area contributed by atoms with Gasteiger partial charge in [0.15, 0.2) is 6.29 Å². The molecular formula is C28H38O5. The third-order valence-electron chi connectivity index (χ3n) is 11.4. The number of hydrogen-bond acceptors (Lipinski definition) is 5. The third-order valence-corrected chi connectivity index (χ3v) is 11.4. The largest absolute Gasteiger partial charge is 0.392 e. The molecule has 6 aliphatic rings. The van der Waals surface area contributed by atoms with E-state index in [1.807, 2.05) is 6.92 Å². The number of fused-ring (bicyclic) bond motifs is 5. The summed E-state index contributed by atoms with van der Waals surface area (Å²) < 4.78 is 18.4. The summed E-state index contributed by atoms with van der Waals surface area (Å²) >= 11 is 0. The van der Waals surface area contributed by atoms with Gasteiger partial charge in [0.2, 0.25) is 0 Å². The van der Waals surface area contributed by atoms with Gasteiger partial charge in [0.05, 0.1) is 18.3 Å². The third kappa shape index (κ3) is 2.51. The van der Waals surface area contributed by atoms with Crippen LogP contribution in [0.2, 0.25) is 0 Å². The number of ether oxygens (including phenoxy) is 3. The molecule has 5 fully saturated rings. The minimum absolute atomic E-state index is 0.0542. The summed E-state index contributed by atoms with van der Waals surface area (Å²) in [4.78, 5) is 0. The molecule has 5 nitrogen and oxygen atoms in total. The molecule has 3 aliphatic heterocycles. The summed E-state index contributed by atoms with van der Waals surface area (Å²) in [6.45, 7) is 8.58. The predicted molar refractivity (Wildman–Crippen MR) is 123 cm³/mol. The van der Waals surface area contributed by atoms with Crippen LogP contribution in [-0.2, 0) is 20.6 Å². The molecule has 0 amide bonds. The highest BCUT2D eigenvalue weighted by Crippen LogP contribution is 2.71. The van der Waals surface area contributed by atoms with Gasteiger partial charge in [-0.15, -0.1) is 0 Å². The lowest BCUT2D eigenvalue weighted by atomic mass is 9.48. The normalized spacial score (nSPS) is 54.7. The Kier molecular flexibility index (Phi) is 4.14. The summed E-state index contributed by atoms with van der Waals surface area (Å²) in [6.07, 6.45) is 6.35. The SMILES string of the molecule is CC(c1ccc2c(c1)CC[C@H]1[C@H]2C[C@@H]2O[C@@]23CCC[C@H](O)[C@]13C)C1C[C@]2(C)O[C@]2(C)[C@H](O)O1. The van der Waals surface area contributed by atoms with E-state index < -0.39 is 11.9 Å². The Labute approximate surface area is 196 Å². The minimum atomic E-state index is -0.870. The molecule has 7 rings (SSSR count). The Morgan fingerprint density at radius 3 is 2.73 bits per heavy atom. The van der Waals surface area contributed by atoms with Crippen LogP contribution in [0.5, 0.6) is 0 Å². The topological polar surface area (TPSA) is 74.8 Å². The molecule has 3 aliphatic carbocycles. The van der Waals surface area contributed by atoms with E-state index in [-0.39, 0.29) is 34.7 Å². The molecule has 0 bridgehead atoms. The van der Waals surface area contributed by atoms with Crippen molar-refractivity contribution in [1.82, 2.24) is 0 Å². The Morgan fingerprint density at radius 1 is 1.12 bits per heavy atom. The van der Waals surface area contributed by atoms with E-state index in [1.54, 1.807) is 0 Å². The highest BCUT2D eigenvalue weighted by molar-refractivity contribution is 5.42. The first-order chi connectivity index (χ1) is 15.6. The number of aliphatic hydroxyl groups excluding tert-OH is 2. The van der Waals surface area contributed by atoms with Gasteiger partial charge >= 0.3 is 0 Å². The molecule has 0 aromatic heterocycles. The first kappa shape index (κ1) is 21.3. The molecule has 3 saturated heterocycles. The summed E-state index contributed by atoms with van der Waals surface area (Å²) in [7, 11) is 0. The van der Waals surface area contributed by atoms with E-state index in [1.165, 1.54) is 16.7 Å². The van der Waals surface area contributed by atoms with E-state index in [4.69, 9.17) is 14.2 Å². The van der Waals surface area contributed by atoms with Gasteiger partial charge in [-0.05, 0) is 80.9 Å². The Hall–Kier alpha value is -0.980. The van der Waals surface area contributed by atoms with Gasteiger partial charge < -0.3 is 24.4 Å². The van der Waals surface area contributed by atoms with Gasteiger partial charge in [0.25, 0.3) is 0 Å². The first-order valence-electron chi connectivity index (χ1n) is 13.2. The lowest BCUT2D eigenvalue weighted by Crippen LogP contribution is -2.59. The average molecular weight is 455 g/mol. The molecule has 1 aromatic carbocycles. The standard InChI is InChI=1S/C28H38O5/c1-15(21-14-25(2)27(4,33-25)24(30)31-21)16-7-9-18-17(12-16)8-10-20-19(18)13-23-28(32-23)11-5-6-22(29)26(20,28)3/h7,9,12,15,19-24,29-30H,5-6,8,10-11,13-14H2,1-4H3/t15?,19-,20-,21?,22-,23-,24+,25-,26-,27+,28-/m0/s1. The van der Waals surface area contributed by atoms with E-state index in [2.05, 4.69) is 39.0 Å². The van der Waals surface area contributed by atoms with Crippen LogP contribution in [0.3, 0.4) is 0 Å². The van der Waals surface area contributed by atoms with Gasteiger partial charge in [0, 0.05) is 17.8 Å². The maximum absolute atomic E-state index is 11.2. The maximum atomic E-state index is 11.2. The number of benzene rings is 1. The number of epoxide rings is 2. The fourth-order valence-electron chi connectivity index (χ4n) is 8.81. The monoisotopic (exact) mass is 454 g/mol. The van der Waals surface area contributed by atoms with E-state index in [0.717, 1.165) is 44.9 Å². The van der Waals surface area contributed by atoms with Gasteiger partial charge in [-0.3, -0.25) is 0 Å². The van der Waals surface area contributed by atoms with Crippen molar-refractivity contribution in [3.63, 3.8) is 0 Å². The first-order valence-corrected chi connectivity index (χ1v) is 13.2. The second-order valence-electron chi connectivity index (χ2n) is 12.6. The van der Waals surface area contributed by atoms with Gasteiger partial charge in [-0.25, -0.2) is 0 Å². The molecule has 2 N–H and O–H groups in total. The number of rotatable bonds is 2. The molecule has 1 aromatic rings. The van der Waals surface area contributed by atoms with Crippen LogP contribution >= 0.6 is 0 Å². The molecule has 1 spiro atoms. The van der Waals surface area contributed by atoms with Crippen LogP contribution < -0.4 is 0 Å². The predicted octanol–water partition coefficient (Wildman–Crippen LogP) is 4.18. The van der Waals surface area contributed by atoms with Crippen molar-refractivity contribution in [2.75, 3.05) is 0 Å². The lowest BCUT2D eigenvalue weighted by Gasteiger charge is -2.55. The molecule has 33 heavy (non-hydrogen) atoms. The zero-order chi connectivity index (χ0) is 23.0. The van der Waals surface area contributed by atoms with Gasteiger partial charge in [-0.2, -0.15) is 0 Å². The summed E-state index contributed by atoms with van der Waals surface area (Å²) in [5.74, 6) is 1.16. The lowest BCUT2D eigenvalue weighted by molar-refractivity contribution is -0.187. The summed E-state index contributed by atoms with van der Waals surface area (Å²) in [5, 5.41) is 21.7. The minimum Gasteiger partial charge on any atom is -0.392 e. The number of aryl methyl sites for hydroxylation is 1. The van der Waals surface area contributed by atoms with Gasteiger partial charge in [-0.1, -0.05) is 32.0 Å². The van der Waals surface area contributed by atoms with E-state index in [0.29, 0.717) is 17.9 Å². The Morgan fingerprint density at radius 2 is 1.94 bits per heavy atom. The highest BCUT2D eigenvalue weighted by atomic mass is 16.7. The summed E-state index contributed by atoms with van der Waals surface area (Å²) in [5.41, 5.74) is 3.18. The van der Waals surface area contributed by atoms with Crippen LogP contribution in [0.4, 0.5) is 0 Å². The van der Waals surface area contributed by atoms with Crippen molar-refractivity contribution in [3.8, 4) is 0 Å². The quantitative estimate of drug-likeness (QED) is 0.656. The molecule has 0 radical (unpaired) electrons. The average Bonchev–Trinajstić information content (AvgIpc) is 3.64. The fourth-order valence-corrected chi connectivity index (χ4v) is 8.81. The molecule has 3 heterocycles. The van der Waals surface area contributed by atoms with Crippen molar-refractivity contribution in [2.45, 2.75) is 126 Å². The van der Waals surface area contributed by atoms with Crippen LogP contribution in [0, 0.1) is 11.3 Å². The smallest absolute Gasteiger partial charge is 0.186 e. The molecular weight excluding hydrogens is 416 g/mol. The Balaban J connectivity index is 1.17. The van der Waals surface area contributed by atoms with Crippen LogP contribution in [0.1, 0.15) is 94.7 Å². The van der Waals surface area contributed by atoms with Gasteiger partial charge in [0.1, 0.15) is 16.8 Å². The number of hydrogen-bond donors (Lipinski definition) is 2. The molecule has 2 unspecified atom stereocenters. The number of aliphatic hydroxyl groups is 2. The van der Waals surface area contributed by atoms with Crippen molar-refractivity contribution in [3.05, 3.63) is 34.9 Å². The second-order valence-corrected chi connectivity index (χ2v) is 12.6. The van der Waals surface area contributed by atoms with Crippen molar-refractivity contribution in [2.24, 2.45) is 11.3 Å². The van der Waals surface area contributed by atoms with E-state index >= 15 is 0 Å². The molecule has 2 saturated carbocycles. The maximum Gasteiger partial charge on any atom is 0.186 e. The van der Waals surface area contributed by atoms with Crippen molar-refractivity contribution >= 4 is 0 Å². The van der Waals surface area contributed by atoms with Crippen molar-refractivity contribution in [1.29, 1.82) is 0 Å². The van der Waals surface area contributed by atoms with Crippen molar-refractivity contribution < 1.29 is 24.4 Å². The van der Waals surface area contributed by atoms with E-state index in [9.17, 15) is 10.2 Å². The molecule has 180 valence electrons. The zero-order valence-corrected chi connectivity index (χ0v) is 20.3. The van der Waals surface area contributed by atoms with Crippen LogP contribution in [0.15, 0.2) is 18.2 Å². The molecule has 5 heteroatoms.